The van der Waals surface area contributed by atoms with Crippen molar-refractivity contribution < 1.29 is 14.2 Å². The molecule has 21 heavy (non-hydrogen) atoms. The molecule has 0 unspecified atom stereocenters. The van der Waals surface area contributed by atoms with Gasteiger partial charge in [0.15, 0.2) is 11.5 Å². The van der Waals surface area contributed by atoms with Crippen molar-refractivity contribution in [3.63, 3.8) is 0 Å². The molecule has 2 rings (SSSR count). The maximum atomic E-state index is 7.61. The normalized spacial score (nSPS) is 10.0. The van der Waals surface area contributed by atoms with Crippen molar-refractivity contribution in [2.75, 3.05) is 14.2 Å². The van der Waals surface area contributed by atoms with E-state index < -0.39 is 0 Å². The average molecular weight is 286 g/mol. The zero-order chi connectivity index (χ0) is 15.2. The Balaban J connectivity index is 2.20. The van der Waals surface area contributed by atoms with E-state index in [1.165, 1.54) is 0 Å². The van der Waals surface area contributed by atoms with Crippen LogP contribution in [0.1, 0.15) is 11.1 Å². The van der Waals surface area contributed by atoms with E-state index in [1.807, 2.05) is 24.3 Å². The van der Waals surface area contributed by atoms with E-state index in [-0.39, 0.29) is 5.84 Å². The number of nitrogen functional groups attached to an aromatic ring is 1. The summed E-state index contributed by atoms with van der Waals surface area (Å²) < 4.78 is 16.2. The molecule has 0 aliphatic heterocycles. The van der Waals surface area contributed by atoms with Crippen LogP contribution in [0.2, 0.25) is 0 Å². The van der Waals surface area contributed by atoms with Crippen LogP contribution in [-0.4, -0.2) is 20.1 Å². The molecule has 110 valence electrons. The Hall–Kier alpha value is -2.69. The molecule has 0 aliphatic carbocycles. The Bertz CT molecular complexity index is 624. The van der Waals surface area contributed by atoms with E-state index in [0.717, 1.165) is 11.3 Å². The fourth-order valence-corrected chi connectivity index (χ4v) is 1.91. The van der Waals surface area contributed by atoms with Crippen LogP contribution in [-0.2, 0) is 6.61 Å². The Morgan fingerprint density at radius 3 is 2.33 bits per heavy atom. The first-order chi connectivity index (χ1) is 10.2. The fourth-order valence-electron chi connectivity index (χ4n) is 1.91. The molecule has 0 aromatic heterocycles. The first-order valence-electron chi connectivity index (χ1n) is 6.43. The lowest BCUT2D eigenvalue weighted by molar-refractivity contribution is 0.284. The number of hydrogen-bond donors (Lipinski definition) is 2. The average Bonchev–Trinajstić information content (AvgIpc) is 2.52. The van der Waals surface area contributed by atoms with Gasteiger partial charge in [-0.2, -0.15) is 0 Å². The van der Waals surface area contributed by atoms with E-state index in [1.54, 1.807) is 32.4 Å². The second-order valence-corrected chi connectivity index (χ2v) is 4.39. The second kappa shape index (κ2) is 6.65. The van der Waals surface area contributed by atoms with Crippen molar-refractivity contribution in [3.8, 4) is 17.2 Å². The summed E-state index contributed by atoms with van der Waals surface area (Å²) in [6.45, 7) is 0.352. The molecule has 0 fully saturated rings. The molecule has 5 nitrogen and oxygen atoms in total. The molecule has 2 aromatic carbocycles. The van der Waals surface area contributed by atoms with E-state index in [0.29, 0.717) is 23.7 Å². The Morgan fingerprint density at radius 2 is 1.76 bits per heavy atom. The molecular formula is C16H18N2O3. The van der Waals surface area contributed by atoms with Crippen molar-refractivity contribution in [1.29, 1.82) is 5.41 Å². The van der Waals surface area contributed by atoms with Gasteiger partial charge in [-0.25, -0.2) is 0 Å². The molecule has 0 atom stereocenters. The lowest BCUT2D eigenvalue weighted by Crippen LogP contribution is -2.13. The van der Waals surface area contributed by atoms with Gasteiger partial charge < -0.3 is 19.9 Å². The maximum Gasteiger partial charge on any atom is 0.172 e. The minimum Gasteiger partial charge on any atom is -0.497 e. The largest absolute Gasteiger partial charge is 0.497 e. The lowest BCUT2D eigenvalue weighted by Gasteiger charge is -2.14. The summed E-state index contributed by atoms with van der Waals surface area (Å²) in [5.41, 5.74) is 7.08. The molecule has 0 saturated heterocycles. The number of para-hydroxylation sites is 1. The Labute approximate surface area is 123 Å². The number of amidine groups is 1. The third kappa shape index (κ3) is 3.45. The van der Waals surface area contributed by atoms with Gasteiger partial charge in [-0.3, -0.25) is 5.41 Å². The first kappa shape index (κ1) is 14.7. The number of nitrogens with two attached hydrogens (primary N) is 1. The molecule has 0 heterocycles. The highest BCUT2D eigenvalue weighted by molar-refractivity contribution is 5.98. The van der Waals surface area contributed by atoms with Crippen LogP contribution in [0.15, 0.2) is 42.5 Å². The molecule has 5 heteroatoms. The quantitative estimate of drug-likeness (QED) is 0.632. The van der Waals surface area contributed by atoms with Gasteiger partial charge in [0.25, 0.3) is 0 Å². The zero-order valence-electron chi connectivity index (χ0n) is 12.1. The van der Waals surface area contributed by atoms with Crippen molar-refractivity contribution in [3.05, 3.63) is 53.6 Å². The monoisotopic (exact) mass is 286 g/mol. The predicted octanol–water partition coefficient (Wildman–Crippen LogP) is 2.57. The third-order valence-electron chi connectivity index (χ3n) is 3.03. The van der Waals surface area contributed by atoms with Crippen molar-refractivity contribution in [2.24, 2.45) is 5.73 Å². The molecular weight excluding hydrogens is 268 g/mol. The number of hydrogen-bond acceptors (Lipinski definition) is 4. The maximum absolute atomic E-state index is 7.61. The number of benzene rings is 2. The van der Waals surface area contributed by atoms with Gasteiger partial charge in [0.1, 0.15) is 18.2 Å². The molecule has 0 aliphatic rings. The Morgan fingerprint density at radius 1 is 1.05 bits per heavy atom. The van der Waals surface area contributed by atoms with Gasteiger partial charge in [0.05, 0.1) is 19.8 Å². The number of nitrogens with one attached hydrogen (secondary N) is 1. The summed E-state index contributed by atoms with van der Waals surface area (Å²) in [7, 11) is 3.18. The third-order valence-corrected chi connectivity index (χ3v) is 3.03. The van der Waals surface area contributed by atoms with Gasteiger partial charge in [0, 0.05) is 0 Å². The number of ether oxygens (including phenoxy) is 3. The predicted molar refractivity (Wildman–Crippen MR) is 81.3 cm³/mol. The molecule has 0 amide bonds. The van der Waals surface area contributed by atoms with E-state index in [9.17, 15) is 0 Å². The zero-order valence-corrected chi connectivity index (χ0v) is 12.1. The smallest absolute Gasteiger partial charge is 0.172 e. The van der Waals surface area contributed by atoms with Gasteiger partial charge in [0.2, 0.25) is 0 Å². The second-order valence-electron chi connectivity index (χ2n) is 4.39. The van der Waals surface area contributed by atoms with Crippen molar-refractivity contribution in [1.82, 2.24) is 0 Å². The van der Waals surface area contributed by atoms with Gasteiger partial charge in [-0.1, -0.05) is 18.2 Å². The summed E-state index contributed by atoms with van der Waals surface area (Å²) in [6, 6.07) is 12.8. The highest BCUT2D eigenvalue weighted by Crippen LogP contribution is 2.31. The number of rotatable bonds is 6. The molecule has 0 radical (unpaired) electrons. The fraction of sp³-hybridized carbons (Fsp3) is 0.188. The van der Waals surface area contributed by atoms with Crippen LogP contribution < -0.4 is 19.9 Å². The summed E-state index contributed by atoms with van der Waals surface area (Å²) in [6.07, 6.45) is 0. The van der Waals surface area contributed by atoms with Crippen LogP contribution in [0.5, 0.6) is 17.2 Å². The summed E-state index contributed by atoms with van der Waals surface area (Å²) >= 11 is 0. The minimum absolute atomic E-state index is 0.0568. The molecule has 0 saturated carbocycles. The van der Waals surface area contributed by atoms with Crippen LogP contribution in [0.25, 0.3) is 0 Å². The summed E-state index contributed by atoms with van der Waals surface area (Å²) in [5, 5.41) is 7.61. The van der Waals surface area contributed by atoms with Gasteiger partial charge in [-0.05, 0) is 29.8 Å². The standard InChI is InChI=1S/C16H18N2O3/c1-19-12-8-6-11(7-9-12)10-21-15-13(16(17)18)4-3-5-14(15)20-2/h3-9H,10H2,1-2H3,(H3,17,18). The number of methoxy groups -OCH3 is 2. The van der Waals surface area contributed by atoms with Crippen molar-refractivity contribution >= 4 is 5.84 Å². The van der Waals surface area contributed by atoms with Gasteiger partial charge >= 0.3 is 0 Å². The van der Waals surface area contributed by atoms with Crippen LogP contribution in [0, 0.1) is 5.41 Å². The van der Waals surface area contributed by atoms with E-state index in [2.05, 4.69) is 0 Å². The minimum atomic E-state index is -0.0568. The van der Waals surface area contributed by atoms with Crippen LogP contribution in [0.4, 0.5) is 0 Å². The molecule has 3 N–H and O–H groups in total. The van der Waals surface area contributed by atoms with Gasteiger partial charge in [-0.15, -0.1) is 0 Å². The highest BCUT2D eigenvalue weighted by Gasteiger charge is 2.12. The van der Waals surface area contributed by atoms with E-state index >= 15 is 0 Å². The van der Waals surface area contributed by atoms with Crippen LogP contribution in [0.3, 0.4) is 0 Å². The lowest BCUT2D eigenvalue weighted by atomic mass is 10.1. The topological polar surface area (TPSA) is 77.6 Å². The molecule has 0 spiro atoms. The summed E-state index contributed by atoms with van der Waals surface area (Å²) in [4.78, 5) is 0. The summed E-state index contributed by atoms with van der Waals surface area (Å²) in [5.74, 6) is 1.76. The molecule has 0 bridgehead atoms. The highest BCUT2D eigenvalue weighted by atomic mass is 16.5. The van der Waals surface area contributed by atoms with E-state index in [4.69, 9.17) is 25.4 Å². The van der Waals surface area contributed by atoms with Crippen molar-refractivity contribution in [2.45, 2.75) is 6.61 Å². The molecule has 2 aromatic rings. The SMILES string of the molecule is COc1ccc(COc2c(OC)cccc2C(=N)N)cc1. The van der Waals surface area contributed by atoms with Crippen LogP contribution >= 0.6 is 0 Å². The first-order valence-corrected chi connectivity index (χ1v) is 6.43. The Kier molecular flexibility index (Phi) is 4.66.